The molecule has 1 aromatic rings. The Bertz CT molecular complexity index is 356. The molecule has 1 aromatic carbocycles. The predicted octanol–water partition coefficient (Wildman–Crippen LogP) is 3.61. The van der Waals surface area contributed by atoms with Gasteiger partial charge in [0.15, 0.2) is 0 Å². The van der Waals surface area contributed by atoms with Crippen molar-refractivity contribution in [3.63, 3.8) is 0 Å². The lowest BCUT2D eigenvalue weighted by molar-refractivity contribution is 0.234. The molecule has 0 saturated heterocycles. The number of nitrogens with zero attached hydrogens (tertiary/aromatic N) is 2. The van der Waals surface area contributed by atoms with E-state index in [0.29, 0.717) is 6.04 Å². The van der Waals surface area contributed by atoms with Crippen LogP contribution in [0.2, 0.25) is 0 Å². The highest BCUT2D eigenvalue weighted by molar-refractivity contribution is 5.86. The lowest BCUT2D eigenvalue weighted by atomic mass is 10.0. The van der Waals surface area contributed by atoms with E-state index in [1.54, 1.807) is 0 Å². The Morgan fingerprint density at radius 2 is 2.00 bits per heavy atom. The van der Waals surface area contributed by atoms with Crippen LogP contribution in [0, 0.1) is 0 Å². The average Bonchev–Trinajstić information content (AvgIpc) is 2.74. The van der Waals surface area contributed by atoms with Crippen molar-refractivity contribution in [3.8, 4) is 0 Å². The van der Waals surface area contributed by atoms with Gasteiger partial charge in [-0.05, 0) is 18.4 Å². The van der Waals surface area contributed by atoms with Crippen LogP contribution in [0.3, 0.4) is 0 Å². The van der Waals surface area contributed by atoms with Gasteiger partial charge in [0.1, 0.15) is 0 Å². The third-order valence-electron chi connectivity index (χ3n) is 3.10. The first kappa shape index (κ1) is 11.2. The zero-order valence-corrected chi connectivity index (χ0v) is 10.2. The Labute approximate surface area is 98.0 Å². The van der Waals surface area contributed by atoms with E-state index in [4.69, 9.17) is 5.10 Å². The molecule has 0 radical (unpaired) electrons. The second-order valence-corrected chi connectivity index (χ2v) is 4.31. The first-order valence-corrected chi connectivity index (χ1v) is 6.23. The van der Waals surface area contributed by atoms with Crippen molar-refractivity contribution < 1.29 is 0 Å². The van der Waals surface area contributed by atoms with E-state index in [0.717, 1.165) is 25.8 Å². The summed E-state index contributed by atoms with van der Waals surface area (Å²) in [7, 11) is 0. The van der Waals surface area contributed by atoms with E-state index in [2.05, 4.69) is 49.2 Å². The van der Waals surface area contributed by atoms with E-state index < -0.39 is 0 Å². The number of hydrazone groups is 1. The van der Waals surface area contributed by atoms with Gasteiger partial charge < -0.3 is 0 Å². The van der Waals surface area contributed by atoms with Gasteiger partial charge in [0.05, 0.1) is 6.04 Å². The van der Waals surface area contributed by atoms with Gasteiger partial charge in [-0.15, -0.1) is 0 Å². The Hall–Kier alpha value is -1.31. The molecule has 0 N–H and O–H groups in total. The Morgan fingerprint density at radius 1 is 1.25 bits per heavy atom. The fraction of sp³-hybridized carbons (Fsp3) is 0.500. The van der Waals surface area contributed by atoms with Crippen molar-refractivity contribution in [1.82, 2.24) is 5.01 Å². The van der Waals surface area contributed by atoms with Gasteiger partial charge in [-0.3, -0.25) is 5.01 Å². The standard InChI is InChI=1S/C14H20N2/c1-3-10-16-14(11-13(4-2)15-16)12-8-6-5-7-9-12/h5-9,14H,3-4,10-11H2,1-2H3. The van der Waals surface area contributed by atoms with Crippen LogP contribution in [-0.4, -0.2) is 17.3 Å². The van der Waals surface area contributed by atoms with Gasteiger partial charge in [-0.25, -0.2) is 0 Å². The summed E-state index contributed by atoms with van der Waals surface area (Å²) in [5.41, 5.74) is 2.73. The zero-order valence-electron chi connectivity index (χ0n) is 10.2. The summed E-state index contributed by atoms with van der Waals surface area (Å²) in [6.07, 6.45) is 3.33. The number of rotatable bonds is 4. The van der Waals surface area contributed by atoms with Crippen molar-refractivity contribution in [1.29, 1.82) is 0 Å². The highest BCUT2D eigenvalue weighted by atomic mass is 15.5. The molecule has 2 heteroatoms. The minimum absolute atomic E-state index is 0.469. The van der Waals surface area contributed by atoms with Crippen molar-refractivity contribution in [2.75, 3.05) is 6.54 Å². The van der Waals surface area contributed by atoms with Crippen LogP contribution < -0.4 is 0 Å². The minimum atomic E-state index is 0.469. The van der Waals surface area contributed by atoms with Crippen molar-refractivity contribution in [3.05, 3.63) is 35.9 Å². The molecular weight excluding hydrogens is 196 g/mol. The molecule has 1 unspecified atom stereocenters. The summed E-state index contributed by atoms with van der Waals surface area (Å²) >= 11 is 0. The SMILES string of the molecule is CCCN1N=C(CC)CC1c1ccccc1. The fourth-order valence-corrected chi connectivity index (χ4v) is 2.24. The summed E-state index contributed by atoms with van der Waals surface area (Å²) in [4.78, 5) is 0. The molecule has 86 valence electrons. The van der Waals surface area contributed by atoms with E-state index >= 15 is 0 Å². The number of benzene rings is 1. The van der Waals surface area contributed by atoms with Crippen LogP contribution in [-0.2, 0) is 0 Å². The van der Waals surface area contributed by atoms with Gasteiger partial charge in [0.25, 0.3) is 0 Å². The van der Waals surface area contributed by atoms with Crippen LogP contribution in [0.25, 0.3) is 0 Å². The second-order valence-electron chi connectivity index (χ2n) is 4.31. The van der Waals surface area contributed by atoms with Crippen molar-refractivity contribution in [2.45, 2.75) is 39.2 Å². The molecule has 0 saturated carbocycles. The van der Waals surface area contributed by atoms with Crippen molar-refractivity contribution in [2.24, 2.45) is 5.10 Å². The average molecular weight is 216 g/mol. The Balaban J connectivity index is 2.16. The van der Waals surface area contributed by atoms with Crippen LogP contribution in [0.5, 0.6) is 0 Å². The van der Waals surface area contributed by atoms with Crippen LogP contribution in [0.15, 0.2) is 35.4 Å². The van der Waals surface area contributed by atoms with Gasteiger partial charge in [-0.2, -0.15) is 5.10 Å². The lowest BCUT2D eigenvalue weighted by Crippen LogP contribution is -2.20. The smallest absolute Gasteiger partial charge is 0.0772 e. The van der Waals surface area contributed by atoms with Gasteiger partial charge in [0, 0.05) is 18.7 Å². The molecule has 1 heterocycles. The highest BCUT2D eigenvalue weighted by Crippen LogP contribution is 2.31. The molecule has 0 aliphatic carbocycles. The molecule has 0 spiro atoms. The molecule has 1 aliphatic rings. The third-order valence-corrected chi connectivity index (χ3v) is 3.10. The zero-order chi connectivity index (χ0) is 11.4. The third kappa shape index (κ3) is 2.26. The highest BCUT2D eigenvalue weighted by Gasteiger charge is 2.25. The topological polar surface area (TPSA) is 15.6 Å². The lowest BCUT2D eigenvalue weighted by Gasteiger charge is -2.23. The first-order chi connectivity index (χ1) is 7.85. The molecule has 0 fully saturated rings. The molecule has 1 aliphatic heterocycles. The molecule has 0 amide bonds. The summed E-state index contributed by atoms with van der Waals surface area (Å²) in [6, 6.07) is 11.2. The second kappa shape index (κ2) is 5.15. The maximum atomic E-state index is 4.70. The van der Waals surface area contributed by atoms with E-state index in [1.807, 2.05) is 0 Å². The summed E-state index contributed by atoms with van der Waals surface area (Å²) in [5.74, 6) is 0. The molecular formula is C14H20N2. The summed E-state index contributed by atoms with van der Waals surface area (Å²) in [5, 5.41) is 6.96. The maximum Gasteiger partial charge on any atom is 0.0772 e. The maximum absolute atomic E-state index is 4.70. The minimum Gasteiger partial charge on any atom is -0.289 e. The predicted molar refractivity (Wildman–Crippen MR) is 68.5 cm³/mol. The molecule has 0 aromatic heterocycles. The van der Waals surface area contributed by atoms with E-state index in [1.165, 1.54) is 11.3 Å². The summed E-state index contributed by atoms with van der Waals surface area (Å²) < 4.78 is 0. The molecule has 2 nitrogen and oxygen atoms in total. The molecule has 16 heavy (non-hydrogen) atoms. The van der Waals surface area contributed by atoms with Gasteiger partial charge in [0.2, 0.25) is 0 Å². The Kier molecular flexibility index (Phi) is 3.60. The van der Waals surface area contributed by atoms with Crippen molar-refractivity contribution >= 4 is 5.71 Å². The first-order valence-electron chi connectivity index (χ1n) is 6.23. The number of hydrogen-bond acceptors (Lipinski definition) is 2. The number of hydrogen-bond donors (Lipinski definition) is 0. The molecule has 0 bridgehead atoms. The Morgan fingerprint density at radius 3 is 2.62 bits per heavy atom. The largest absolute Gasteiger partial charge is 0.289 e. The summed E-state index contributed by atoms with van der Waals surface area (Å²) in [6.45, 7) is 5.46. The fourth-order valence-electron chi connectivity index (χ4n) is 2.24. The van der Waals surface area contributed by atoms with Crippen LogP contribution >= 0.6 is 0 Å². The van der Waals surface area contributed by atoms with Gasteiger partial charge >= 0.3 is 0 Å². The van der Waals surface area contributed by atoms with E-state index in [-0.39, 0.29) is 0 Å². The van der Waals surface area contributed by atoms with Crippen LogP contribution in [0.1, 0.15) is 44.7 Å². The van der Waals surface area contributed by atoms with E-state index in [9.17, 15) is 0 Å². The van der Waals surface area contributed by atoms with Gasteiger partial charge in [-0.1, -0.05) is 44.2 Å². The quantitative estimate of drug-likeness (QED) is 0.750. The van der Waals surface area contributed by atoms with Crippen LogP contribution in [0.4, 0.5) is 0 Å². The molecule has 2 rings (SSSR count). The molecule has 1 atom stereocenters. The normalized spacial score (nSPS) is 20.0. The monoisotopic (exact) mass is 216 g/mol.